The van der Waals surface area contributed by atoms with Gasteiger partial charge in [-0.15, -0.1) is 0 Å². The van der Waals surface area contributed by atoms with Crippen molar-refractivity contribution in [3.63, 3.8) is 0 Å². The van der Waals surface area contributed by atoms with E-state index in [1.54, 1.807) is 30.5 Å². The van der Waals surface area contributed by atoms with E-state index in [0.717, 1.165) is 33.2 Å². The summed E-state index contributed by atoms with van der Waals surface area (Å²) in [6.45, 7) is 8.16. The third-order valence-corrected chi connectivity index (χ3v) is 4.79. The molecule has 4 aromatic rings. The first-order valence-corrected chi connectivity index (χ1v) is 8.38. The highest BCUT2D eigenvalue weighted by atomic mass is 16.3. The van der Waals surface area contributed by atoms with Crippen LogP contribution in [0.15, 0.2) is 53.1 Å². The van der Waals surface area contributed by atoms with Crippen LogP contribution >= 0.6 is 0 Å². The molecule has 0 saturated heterocycles. The van der Waals surface area contributed by atoms with E-state index in [-0.39, 0.29) is 0 Å². The molecule has 26 heavy (non-hydrogen) atoms. The molecule has 3 nitrogen and oxygen atoms in total. The fraction of sp³-hybridized carbons (Fsp3) is 0.217. The Morgan fingerprint density at radius 1 is 1.15 bits per heavy atom. The second-order valence-corrected chi connectivity index (χ2v) is 6.59. The van der Waals surface area contributed by atoms with Crippen LogP contribution in [0.3, 0.4) is 0 Å². The van der Waals surface area contributed by atoms with E-state index in [1.165, 1.54) is 6.92 Å². The summed E-state index contributed by atoms with van der Waals surface area (Å²) >= 11 is 0. The van der Waals surface area contributed by atoms with Crippen molar-refractivity contribution in [3.8, 4) is 11.3 Å². The minimum absolute atomic E-state index is 0.439. The number of nitrogens with zero attached hydrogens (tertiary/aromatic N) is 2. The van der Waals surface area contributed by atoms with Crippen molar-refractivity contribution in [1.82, 2.24) is 0 Å². The molecule has 1 atom stereocenters. The van der Waals surface area contributed by atoms with Crippen molar-refractivity contribution >= 4 is 27.6 Å². The van der Waals surface area contributed by atoms with E-state index in [9.17, 15) is 0 Å². The van der Waals surface area contributed by atoms with Gasteiger partial charge in [-0.2, -0.15) is 0 Å². The molecule has 2 heterocycles. The average Bonchev–Trinajstić information content (AvgIpc) is 3.03. The molecule has 0 aliphatic carbocycles. The molecule has 128 valence electrons. The van der Waals surface area contributed by atoms with Crippen LogP contribution in [0.4, 0.5) is 5.69 Å². The first-order valence-electron chi connectivity index (χ1n) is 10.4. The number of aryl methyl sites for hydroxylation is 2. The predicted octanol–water partition coefficient (Wildman–Crippen LogP) is 6.06. The third-order valence-electron chi connectivity index (χ3n) is 4.79. The van der Waals surface area contributed by atoms with E-state index in [0.29, 0.717) is 16.8 Å². The molecule has 0 radical (unpaired) electrons. The zero-order valence-corrected chi connectivity index (χ0v) is 14.9. The minimum Gasteiger partial charge on any atom is -0.457 e. The van der Waals surface area contributed by atoms with Crippen molar-refractivity contribution in [1.29, 1.82) is 0 Å². The molecule has 0 fully saturated rings. The number of pyridine rings is 1. The van der Waals surface area contributed by atoms with Gasteiger partial charge in [-0.1, -0.05) is 25.9 Å². The Balaban J connectivity index is 1.95. The highest BCUT2D eigenvalue weighted by Crippen LogP contribution is 2.35. The van der Waals surface area contributed by atoms with E-state index in [4.69, 9.17) is 16.5 Å². The van der Waals surface area contributed by atoms with Crippen LogP contribution in [-0.4, -0.2) is 0 Å². The summed E-state index contributed by atoms with van der Waals surface area (Å²) in [5.41, 5.74) is 5.09. The molecular formula is C23H21N2O+. The Hall–Kier alpha value is -3.12. The number of hydrogen-bond acceptors (Lipinski definition) is 1. The normalized spacial score (nSPS) is 16.4. The van der Waals surface area contributed by atoms with Crippen LogP contribution in [-0.2, 0) is 7.05 Å². The SMILES string of the molecule is [2H]C([2H])([2H])C([2H])(C)c1cc[n+](C)c(-c2cc3c(cc2C)oc2cc([N+]#[C-])ccc23)c1. The number of rotatable bonds is 2. The number of furan rings is 1. The summed E-state index contributed by atoms with van der Waals surface area (Å²) in [4.78, 5) is 3.46. The van der Waals surface area contributed by atoms with Gasteiger partial charge in [-0.25, -0.2) is 9.41 Å². The van der Waals surface area contributed by atoms with Gasteiger partial charge in [0, 0.05) is 34.0 Å². The summed E-state index contributed by atoms with van der Waals surface area (Å²) in [6, 6.07) is 12.9. The standard InChI is InChI=1S/C23H21N2O/c1-14(2)16-8-9-25(5)21(11-16)19-13-20-18-7-6-17(24-4)12-23(18)26-22(20)10-15(19)3/h6-14H,1-3,5H3/q+1/i1D3,14D. The molecule has 0 bridgehead atoms. The Morgan fingerprint density at radius 2 is 1.96 bits per heavy atom. The molecule has 0 saturated carbocycles. The molecule has 0 aliphatic heterocycles. The number of fused-ring (bicyclic) bond motifs is 3. The maximum absolute atomic E-state index is 8.44. The molecular weight excluding hydrogens is 320 g/mol. The topological polar surface area (TPSA) is 21.4 Å². The van der Waals surface area contributed by atoms with Crippen LogP contribution in [0.5, 0.6) is 0 Å². The molecule has 0 aliphatic rings. The second-order valence-electron chi connectivity index (χ2n) is 6.59. The largest absolute Gasteiger partial charge is 0.457 e. The number of aromatic nitrogens is 1. The zero-order chi connectivity index (χ0) is 21.8. The van der Waals surface area contributed by atoms with E-state index < -0.39 is 12.7 Å². The van der Waals surface area contributed by atoms with Crippen LogP contribution in [0.1, 0.15) is 36.3 Å². The van der Waals surface area contributed by atoms with Crippen molar-refractivity contribution in [2.75, 3.05) is 0 Å². The van der Waals surface area contributed by atoms with E-state index in [2.05, 4.69) is 4.85 Å². The molecule has 4 rings (SSSR count). The Morgan fingerprint density at radius 3 is 2.73 bits per heavy atom. The van der Waals surface area contributed by atoms with Gasteiger partial charge in [0.05, 0.1) is 6.57 Å². The summed E-state index contributed by atoms with van der Waals surface area (Å²) in [5.74, 6) is -1.72. The molecule has 1 unspecified atom stereocenters. The van der Waals surface area contributed by atoms with Gasteiger partial charge >= 0.3 is 0 Å². The van der Waals surface area contributed by atoms with Crippen LogP contribution in [0.25, 0.3) is 38.0 Å². The molecule has 2 aromatic carbocycles. The zero-order valence-electron chi connectivity index (χ0n) is 18.9. The Bertz CT molecular complexity index is 1340. The van der Waals surface area contributed by atoms with Crippen LogP contribution in [0, 0.1) is 13.5 Å². The Kier molecular flexibility index (Phi) is 2.83. The second kappa shape index (κ2) is 6.00. The quantitative estimate of drug-likeness (QED) is 0.319. The van der Waals surface area contributed by atoms with E-state index in [1.807, 2.05) is 36.7 Å². The third kappa shape index (κ3) is 2.55. The molecule has 3 heteroatoms. The van der Waals surface area contributed by atoms with Crippen molar-refractivity contribution in [2.24, 2.45) is 7.05 Å². The summed E-state index contributed by atoms with van der Waals surface area (Å²) in [6.07, 6.45) is 1.79. The van der Waals surface area contributed by atoms with Crippen molar-refractivity contribution < 1.29 is 14.5 Å². The number of benzene rings is 2. The Labute approximate surface area is 158 Å². The lowest BCUT2D eigenvalue weighted by Crippen LogP contribution is -2.30. The highest BCUT2D eigenvalue weighted by Gasteiger charge is 2.18. The predicted molar refractivity (Wildman–Crippen MR) is 105 cm³/mol. The van der Waals surface area contributed by atoms with E-state index >= 15 is 0 Å². The maximum atomic E-state index is 8.44. The lowest BCUT2D eigenvalue weighted by Gasteiger charge is -2.09. The van der Waals surface area contributed by atoms with Gasteiger partial charge in [0.2, 0.25) is 5.69 Å². The van der Waals surface area contributed by atoms with Crippen LogP contribution in [0.2, 0.25) is 0 Å². The summed E-state index contributed by atoms with van der Waals surface area (Å²) in [5, 5.41) is 1.85. The monoisotopic (exact) mass is 345 g/mol. The lowest BCUT2D eigenvalue weighted by molar-refractivity contribution is -0.660. The molecule has 0 amide bonds. The van der Waals surface area contributed by atoms with Crippen molar-refractivity contribution in [2.45, 2.75) is 26.6 Å². The van der Waals surface area contributed by atoms with Gasteiger partial charge in [-0.05, 0) is 42.1 Å². The van der Waals surface area contributed by atoms with Gasteiger partial charge in [0.15, 0.2) is 11.9 Å². The maximum Gasteiger partial charge on any atom is 0.212 e. The molecule has 2 aromatic heterocycles. The summed E-state index contributed by atoms with van der Waals surface area (Å²) < 4.78 is 39.6. The minimum atomic E-state index is -2.44. The van der Waals surface area contributed by atoms with Gasteiger partial charge in [-0.3, -0.25) is 0 Å². The molecule has 0 spiro atoms. The first kappa shape index (κ1) is 12.3. The lowest BCUT2D eigenvalue weighted by atomic mass is 9.97. The molecule has 0 N–H and O–H groups in total. The van der Waals surface area contributed by atoms with Crippen molar-refractivity contribution in [3.05, 3.63) is 71.2 Å². The fourth-order valence-electron chi connectivity index (χ4n) is 3.33. The van der Waals surface area contributed by atoms with Gasteiger partial charge in [0.1, 0.15) is 18.2 Å². The average molecular weight is 345 g/mol. The van der Waals surface area contributed by atoms with Gasteiger partial charge in [0.25, 0.3) is 0 Å². The first-order chi connectivity index (χ1) is 14.0. The number of hydrogen-bond donors (Lipinski definition) is 0. The highest BCUT2D eigenvalue weighted by molar-refractivity contribution is 6.07. The smallest absolute Gasteiger partial charge is 0.212 e. The van der Waals surface area contributed by atoms with Crippen LogP contribution < -0.4 is 4.57 Å². The van der Waals surface area contributed by atoms with Gasteiger partial charge < -0.3 is 4.42 Å². The fourth-order valence-corrected chi connectivity index (χ4v) is 3.33. The summed E-state index contributed by atoms with van der Waals surface area (Å²) in [7, 11) is 1.90.